The van der Waals surface area contributed by atoms with Gasteiger partial charge in [-0.15, -0.1) is 0 Å². The second-order valence-electron chi connectivity index (χ2n) is 6.39. The number of aryl methyl sites for hydroxylation is 1. The van der Waals surface area contributed by atoms with Crippen molar-refractivity contribution in [1.29, 1.82) is 5.26 Å². The van der Waals surface area contributed by atoms with Crippen molar-refractivity contribution in [3.63, 3.8) is 0 Å². The van der Waals surface area contributed by atoms with Crippen LogP contribution in [0.3, 0.4) is 0 Å². The summed E-state index contributed by atoms with van der Waals surface area (Å²) in [5, 5.41) is 12.2. The van der Waals surface area contributed by atoms with Gasteiger partial charge < -0.3 is 10.1 Å². The summed E-state index contributed by atoms with van der Waals surface area (Å²) in [6.45, 7) is 1.96. The van der Waals surface area contributed by atoms with Gasteiger partial charge in [-0.1, -0.05) is 48.5 Å². The number of nitrogens with one attached hydrogen (secondary N) is 1. The van der Waals surface area contributed by atoms with E-state index in [0.717, 1.165) is 5.56 Å². The van der Waals surface area contributed by atoms with Crippen LogP contribution in [0.5, 0.6) is 5.75 Å². The van der Waals surface area contributed by atoms with Gasteiger partial charge >= 0.3 is 0 Å². The first-order valence-corrected chi connectivity index (χ1v) is 9.02. The third kappa shape index (κ3) is 5.30. The number of amides is 1. The number of nitriles is 1. The molecule has 0 spiro atoms. The van der Waals surface area contributed by atoms with Crippen LogP contribution in [0.25, 0.3) is 6.08 Å². The predicted molar refractivity (Wildman–Crippen MR) is 111 cm³/mol. The maximum atomic E-state index is 13.7. The van der Waals surface area contributed by atoms with Gasteiger partial charge in [-0.3, -0.25) is 4.79 Å². The maximum Gasteiger partial charge on any atom is 0.266 e. The van der Waals surface area contributed by atoms with Crippen molar-refractivity contribution in [1.82, 2.24) is 0 Å². The highest BCUT2D eigenvalue weighted by Gasteiger charge is 2.11. The molecule has 0 atom stereocenters. The van der Waals surface area contributed by atoms with Crippen molar-refractivity contribution in [2.75, 3.05) is 5.32 Å². The van der Waals surface area contributed by atoms with Gasteiger partial charge in [0, 0.05) is 11.3 Å². The molecule has 0 aliphatic carbocycles. The molecule has 3 rings (SSSR count). The molecule has 0 heterocycles. The van der Waals surface area contributed by atoms with Crippen molar-refractivity contribution >= 4 is 17.7 Å². The second kappa shape index (κ2) is 9.34. The Bertz CT molecular complexity index is 1100. The van der Waals surface area contributed by atoms with E-state index in [1.807, 2.05) is 31.2 Å². The number of hydrogen-bond acceptors (Lipinski definition) is 3. The number of anilines is 1. The van der Waals surface area contributed by atoms with E-state index in [9.17, 15) is 14.4 Å². The minimum Gasteiger partial charge on any atom is -0.489 e. The summed E-state index contributed by atoms with van der Waals surface area (Å²) < 4.78 is 19.4. The van der Waals surface area contributed by atoms with E-state index < -0.39 is 5.91 Å². The monoisotopic (exact) mass is 386 g/mol. The van der Waals surface area contributed by atoms with Crippen LogP contribution in [0.15, 0.2) is 78.4 Å². The highest BCUT2D eigenvalue weighted by molar-refractivity contribution is 6.09. The molecule has 1 amide bonds. The Morgan fingerprint density at radius 1 is 1.10 bits per heavy atom. The third-order valence-electron chi connectivity index (χ3n) is 4.28. The first-order valence-electron chi connectivity index (χ1n) is 9.02. The Hall–Kier alpha value is -3.91. The molecule has 0 radical (unpaired) electrons. The number of rotatable bonds is 6. The van der Waals surface area contributed by atoms with Crippen LogP contribution < -0.4 is 10.1 Å². The Morgan fingerprint density at radius 2 is 1.86 bits per heavy atom. The van der Waals surface area contributed by atoms with E-state index in [4.69, 9.17) is 4.74 Å². The van der Waals surface area contributed by atoms with Gasteiger partial charge in [0.15, 0.2) is 0 Å². The first-order chi connectivity index (χ1) is 14.1. The molecule has 144 valence electrons. The van der Waals surface area contributed by atoms with Gasteiger partial charge in [0.1, 0.15) is 29.8 Å². The summed E-state index contributed by atoms with van der Waals surface area (Å²) in [5.41, 5.74) is 2.61. The minimum absolute atomic E-state index is 0.0282. The molecule has 4 nitrogen and oxygen atoms in total. The molecule has 0 saturated carbocycles. The number of para-hydroxylation sites is 1. The van der Waals surface area contributed by atoms with Crippen LogP contribution in [-0.2, 0) is 11.4 Å². The van der Waals surface area contributed by atoms with Crippen LogP contribution in [0.4, 0.5) is 10.1 Å². The van der Waals surface area contributed by atoms with E-state index in [1.165, 1.54) is 12.1 Å². The standard InChI is InChI=1S/C24H19FN2O2/c1-17-7-2-5-12-23(17)27-24(28)20(15-26)13-18-8-6-10-21(14-18)29-16-19-9-3-4-11-22(19)25/h2-14H,16H2,1H3,(H,27,28)/b20-13-. The summed E-state index contributed by atoms with van der Waals surface area (Å²) in [6, 6.07) is 22.6. The number of ether oxygens (including phenoxy) is 1. The number of carbonyl (C=O) groups excluding carboxylic acids is 1. The molecular formula is C24H19FN2O2. The molecule has 3 aromatic carbocycles. The summed E-state index contributed by atoms with van der Waals surface area (Å²) in [7, 11) is 0. The predicted octanol–water partition coefficient (Wildman–Crippen LogP) is 5.26. The molecule has 0 bridgehead atoms. The van der Waals surface area contributed by atoms with Crippen molar-refractivity contribution < 1.29 is 13.9 Å². The maximum absolute atomic E-state index is 13.7. The normalized spacial score (nSPS) is 10.9. The zero-order valence-electron chi connectivity index (χ0n) is 15.9. The van der Waals surface area contributed by atoms with Gasteiger partial charge in [-0.2, -0.15) is 5.26 Å². The number of carbonyl (C=O) groups is 1. The Balaban J connectivity index is 1.73. The number of halogens is 1. The second-order valence-corrected chi connectivity index (χ2v) is 6.39. The fourth-order valence-corrected chi connectivity index (χ4v) is 2.69. The highest BCUT2D eigenvalue weighted by Crippen LogP contribution is 2.19. The first kappa shape index (κ1) is 19.8. The zero-order valence-corrected chi connectivity index (χ0v) is 15.9. The van der Waals surface area contributed by atoms with Gasteiger partial charge in [0.2, 0.25) is 0 Å². The smallest absolute Gasteiger partial charge is 0.266 e. The lowest BCUT2D eigenvalue weighted by molar-refractivity contribution is -0.112. The van der Waals surface area contributed by atoms with Crippen LogP contribution in [0.2, 0.25) is 0 Å². The molecule has 5 heteroatoms. The highest BCUT2D eigenvalue weighted by atomic mass is 19.1. The summed E-state index contributed by atoms with van der Waals surface area (Å²) in [6.07, 6.45) is 1.49. The zero-order chi connectivity index (χ0) is 20.6. The molecule has 0 saturated heterocycles. The lowest BCUT2D eigenvalue weighted by Crippen LogP contribution is -2.14. The molecule has 3 aromatic rings. The van der Waals surface area contributed by atoms with Crippen molar-refractivity contribution in [2.45, 2.75) is 13.5 Å². The number of benzene rings is 3. The Kier molecular flexibility index (Phi) is 6.39. The molecule has 0 aliphatic rings. The molecule has 0 aliphatic heterocycles. The third-order valence-corrected chi connectivity index (χ3v) is 4.28. The summed E-state index contributed by atoms with van der Waals surface area (Å²) >= 11 is 0. The average molecular weight is 386 g/mol. The molecule has 1 N–H and O–H groups in total. The molecule has 0 fully saturated rings. The van der Waals surface area contributed by atoms with E-state index in [-0.39, 0.29) is 18.0 Å². The van der Waals surface area contributed by atoms with Crippen LogP contribution in [0.1, 0.15) is 16.7 Å². The molecule has 0 aromatic heterocycles. The van der Waals surface area contributed by atoms with Crippen LogP contribution in [-0.4, -0.2) is 5.91 Å². The van der Waals surface area contributed by atoms with E-state index in [0.29, 0.717) is 22.6 Å². The number of hydrogen-bond donors (Lipinski definition) is 1. The van der Waals surface area contributed by atoms with E-state index in [2.05, 4.69) is 5.32 Å². The van der Waals surface area contributed by atoms with Gasteiger partial charge in [0.25, 0.3) is 5.91 Å². The lowest BCUT2D eigenvalue weighted by atomic mass is 10.1. The van der Waals surface area contributed by atoms with Crippen LogP contribution in [0, 0.1) is 24.1 Å². The van der Waals surface area contributed by atoms with Gasteiger partial charge in [0.05, 0.1) is 0 Å². The summed E-state index contributed by atoms with van der Waals surface area (Å²) in [5.74, 6) is -0.304. The van der Waals surface area contributed by atoms with E-state index in [1.54, 1.807) is 48.5 Å². The largest absolute Gasteiger partial charge is 0.489 e. The van der Waals surface area contributed by atoms with Gasteiger partial charge in [-0.25, -0.2) is 4.39 Å². The molecule has 0 unspecified atom stereocenters. The Morgan fingerprint density at radius 3 is 2.62 bits per heavy atom. The molecule has 29 heavy (non-hydrogen) atoms. The van der Waals surface area contributed by atoms with Gasteiger partial charge in [-0.05, 0) is 48.4 Å². The fourth-order valence-electron chi connectivity index (χ4n) is 2.69. The SMILES string of the molecule is Cc1ccccc1NC(=O)/C(C#N)=C\c1cccc(OCc2ccccc2F)c1. The topological polar surface area (TPSA) is 62.1 Å². The quantitative estimate of drug-likeness (QED) is 0.464. The molecular weight excluding hydrogens is 367 g/mol. The number of nitrogens with zero attached hydrogens (tertiary/aromatic N) is 1. The minimum atomic E-state index is -0.487. The van der Waals surface area contributed by atoms with Crippen LogP contribution >= 0.6 is 0 Å². The van der Waals surface area contributed by atoms with Crippen molar-refractivity contribution in [3.05, 3.63) is 101 Å². The lowest BCUT2D eigenvalue weighted by Gasteiger charge is -2.09. The van der Waals surface area contributed by atoms with Crippen molar-refractivity contribution in [3.8, 4) is 11.8 Å². The summed E-state index contributed by atoms with van der Waals surface area (Å²) in [4.78, 5) is 12.5. The average Bonchev–Trinajstić information content (AvgIpc) is 2.73. The fraction of sp³-hybridized carbons (Fsp3) is 0.0833. The Labute approximate surface area is 168 Å². The van der Waals surface area contributed by atoms with Crippen molar-refractivity contribution in [2.24, 2.45) is 0 Å². The van der Waals surface area contributed by atoms with E-state index >= 15 is 0 Å².